The third-order valence-corrected chi connectivity index (χ3v) is 4.29. The molecule has 0 saturated carbocycles. The van der Waals surface area contributed by atoms with E-state index in [0.717, 1.165) is 11.0 Å². The van der Waals surface area contributed by atoms with E-state index < -0.39 is 0 Å². The molecule has 0 amide bonds. The standard InChI is InChI=1S/C14H22BrN3/c1-3-13(12-5-6-14(15)16-11-12)18-9-7-17(4-2)8-10-18/h5-6,11,13H,3-4,7-10H2,1-2H3. The lowest BCUT2D eigenvalue weighted by atomic mass is 10.0. The summed E-state index contributed by atoms with van der Waals surface area (Å²) in [6.45, 7) is 10.4. The van der Waals surface area contributed by atoms with E-state index in [2.05, 4.69) is 50.6 Å². The number of likely N-dealkylation sites (N-methyl/N-ethyl adjacent to an activating group) is 1. The van der Waals surface area contributed by atoms with Crippen LogP contribution in [0.1, 0.15) is 31.9 Å². The first-order valence-electron chi connectivity index (χ1n) is 6.82. The summed E-state index contributed by atoms with van der Waals surface area (Å²) in [5.74, 6) is 0. The van der Waals surface area contributed by atoms with Crippen LogP contribution in [0.2, 0.25) is 0 Å². The van der Waals surface area contributed by atoms with Crippen molar-refractivity contribution >= 4 is 15.9 Å². The normalized spacial score (nSPS) is 19.9. The number of rotatable bonds is 4. The SMILES string of the molecule is CCC(c1ccc(Br)nc1)N1CCN(CC)CC1. The van der Waals surface area contributed by atoms with E-state index in [-0.39, 0.29) is 0 Å². The maximum Gasteiger partial charge on any atom is 0.106 e. The van der Waals surface area contributed by atoms with Crippen molar-refractivity contribution in [3.05, 3.63) is 28.5 Å². The Kier molecular flexibility index (Phi) is 5.15. The van der Waals surface area contributed by atoms with Crippen LogP contribution in [0.4, 0.5) is 0 Å². The minimum Gasteiger partial charge on any atom is -0.301 e. The molecule has 100 valence electrons. The van der Waals surface area contributed by atoms with Crippen LogP contribution in [0, 0.1) is 0 Å². The topological polar surface area (TPSA) is 19.4 Å². The lowest BCUT2D eigenvalue weighted by molar-refractivity contribution is 0.0969. The molecule has 1 aromatic heterocycles. The van der Waals surface area contributed by atoms with Gasteiger partial charge in [-0.2, -0.15) is 0 Å². The number of aromatic nitrogens is 1. The molecule has 1 saturated heterocycles. The van der Waals surface area contributed by atoms with Crippen molar-refractivity contribution in [3.63, 3.8) is 0 Å². The summed E-state index contributed by atoms with van der Waals surface area (Å²) < 4.78 is 0.914. The van der Waals surface area contributed by atoms with Crippen LogP contribution in [0.5, 0.6) is 0 Å². The highest BCUT2D eigenvalue weighted by Gasteiger charge is 2.23. The van der Waals surface area contributed by atoms with Gasteiger partial charge in [0.05, 0.1) is 0 Å². The molecule has 3 nitrogen and oxygen atoms in total. The molecule has 0 bridgehead atoms. The summed E-state index contributed by atoms with van der Waals surface area (Å²) in [7, 11) is 0. The number of piperazine rings is 1. The minimum atomic E-state index is 0.518. The lowest BCUT2D eigenvalue weighted by Gasteiger charge is -2.38. The van der Waals surface area contributed by atoms with Crippen molar-refractivity contribution in [1.82, 2.24) is 14.8 Å². The van der Waals surface area contributed by atoms with Gasteiger partial charge in [-0.3, -0.25) is 4.90 Å². The van der Waals surface area contributed by atoms with Crippen LogP contribution in [0.15, 0.2) is 22.9 Å². The molecular weight excluding hydrogens is 290 g/mol. The van der Waals surface area contributed by atoms with E-state index in [4.69, 9.17) is 0 Å². The van der Waals surface area contributed by atoms with Gasteiger partial charge in [0, 0.05) is 38.4 Å². The molecule has 2 heterocycles. The van der Waals surface area contributed by atoms with Crippen LogP contribution in [0.3, 0.4) is 0 Å². The lowest BCUT2D eigenvalue weighted by Crippen LogP contribution is -2.47. The predicted octanol–water partition coefficient (Wildman–Crippen LogP) is 2.93. The Balaban J connectivity index is 2.03. The second-order valence-corrected chi connectivity index (χ2v) is 5.62. The average molecular weight is 312 g/mol. The van der Waals surface area contributed by atoms with Gasteiger partial charge >= 0.3 is 0 Å². The van der Waals surface area contributed by atoms with Crippen LogP contribution >= 0.6 is 15.9 Å². The minimum absolute atomic E-state index is 0.518. The fraction of sp³-hybridized carbons (Fsp3) is 0.643. The highest BCUT2D eigenvalue weighted by Crippen LogP contribution is 2.25. The Labute approximate surface area is 118 Å². The quantitative estimate of drug-likeness (QED) is 0.797. The van der Waals surface area contributed by atoms with Crippen LogP contribution in [0.25, 0.3) is 0 Å². The number of hydrogen-bond donors (Lipinski definition) is 0. The van der Waals surface area contributed by atoms with Crippen molar-refractivity contribution in [2.24, 2.45) is 0 Å². The predicted molar refractivity (Wildman–Crippen MR) is 78.7 cm³/mol. The molecule has 0 N–H and O–H groups in total. The first kappa shape index (κ1) is 14.0. The molecule has 1 aromatic rings. The van der Waals surface area contributed by atoms with Crippen molar-refractivity contribution in [1.29, 1.82) is 0 Å². The molecular formula is C14H22BrN3. The van der Waals surface area contributed by atoms with Gasteiger partial charge in [0.1, 0.15) is 4.60 Å². The Hall–Kier alpha value is -0.450. The molecule has 4 heteroatoms. The van der Waals surface area contributed by atoms with E-state index in [0.29, 0.717) is 6.04 Å². The molecule has 0 spiro atoms. The molecule has 0 aliphatic carbocycles. The largest absolute Gasteiger partial charge is 0.301 e. The smallest absolute Gasteiger partial charge is 0.106 e. The second-order valence-electron chi connectivity index (χ2n) is 4.81. The first-order valence-corrected chi connectivity index (χ1v) is 7.61. The summed E-state index contributed by atoms with van der Waals surface area (Å²) in [5, 5.41) is 0. The summed E-state index contributed by atoms with van der Waals surface area (Å²) >= 11 is 3.40. The second kappa shape index (κ2) is 6.64. The maximum atomic E-state index is 4.35. The first-order chi connectivity index (χ1) is 8.74. The van der Waals surface area contributed by atoms with Crippen molar-refractivity contribution in [2.75, 3.05) is 32.7 Å². The monoisotopic (exact) mass is 311 g/mol. The average Bonchev–Trinajstić information content (AvgIpc) is 2.42. The van der Waals surface area contributed by atoms with E-state index in [1.54, 1.807) is 0 Å². The van der Waals surface area contributed by atoms with Gasteiger partial charge in [-0.1, -0.05) is 19.9 Å². The van der Waals surface area contributed by atoms with Crippen LogP contribution in [-0.2, 0) is 0 Å². The number of halogens is 1. The third kappa shape index (κ3) is 3.31. The van der Waals surface area contributed by atoms with Crippen molar-refractivity contribution in [3.8, 4) is 0 Å². The molecule has 1 fully saturated rings. The Morgan fingerprint density at radius 2 is 1.94 bits per heavy atom. The van der Waals surface area contributed by atoms with Crippen molar-refractivity contribution < 1.29 is 0 Å². The zero-order valence-electron chi connectivity index (χ0n) is 11.3. The molecule has 18 heavy (non-hydrogen) atoms. The summed E-state index contributed by atoms with van der Waals surface area (Å²) in [6.07, 6.45) is 3.15. The zero-order valence-corrected chi connectivity index (χ0v) is 12.9. The number of nitrogens with zero attached hydrogens (tertiary/aromatic N) is 3. The molecule has 1 unspecified atom stereocenters. The van der Waals surface area contributed by atoms with Gasteiger partial charge in [0.2, 0.25) is 0 Å². The number of pyridine rings is 1. The maximum absolute atomic E-state index is 4.35. The van der Waals surface area contributed by atoms with Crippen LogP contribution in [-0.4, -0.2) is 47.5 Å². The summed E-state index contributed by atoms with van der Waals surface area (Å²) in [6, 6.07) is 4.75. The zero-order chi connectivity index (χ0) is 13.0. The van der Waals surface area contributed by atoms with E-state index in [1.165, 1.54) is 38.3 Å². The highest BCUT2D eigenvalue weighted by molar-refractivity contribution is 9.10. The van der Waals surface area contributed by atoms with Crippen molar-refractivity contribution in [2.45, 2.75) is 26.3 Å². The highest BCUT2D eigenvalue weighted by atomic mass is 79.9. The molecule has 1 atom stereocenters. The Bertz CT molecular complexity index is 358. The Morgan fingerprint density at radius 3 is 2.44 bits per heavy atom. The van der Waals surface area contributed by atoms with Gasteiger partial charge < -0.3 is 4.90 Å². The van der Waals surface area contributed by atoms with E-state index in [9.17, 15) is 0 Å². The molecule has 1 aliphatic heterocycles. The van der Waals surface area contributed by atoms with Gasteiger partial charge in [-0.15, -0.1) is 0 Å². The third-order valence-electron chi connectivity index (χ3n) is 3.82. The van der Waals surface area contributed by atoms with Gasteiger partial charge in [0.25, 0.3) is 0 Å². The molecule has 0 radical (unpaired) electrons. The molecule has 1 aliphatic rings. The fourth-order valence-electron chi connectivity index (χ4n) is 2.68. The number of hydrogen-bond acceptors (Lipinski definition) is 3. The summed E-state index contributed by atoms with van der Waals surface area (Å²) in [4.78, 5) is 9.46. The van der Waals surface area contributed by atoms with Gasteiger partial charge in [-0.25, -0.2) is 4.98 Å². The molecule has 2 rings (SSSR count). The Morgan fingerprint density at radius 1 is 1.22 bits per heavy atom. The van der Waals surface area contributed by atoms with Gasteiger partial charge in [-0.05, 0) is 40.5 Å². The van der Waals surface area contributed by atoms with Gasteiger partial charge in [0.15, 0.2) is 0 Å². The van der Waals surface area contributed by atoms with Crippen LogP contribution < -0.4 is 0 Å². The van der Waals surface area contributed by atoms with E-state index >= 15 is 0 Å². The van der Waals surface area contributed by atoms with E-state index in [1.807, 2.05) is 12.3 Å². The molecule has 0 aromatic carbocycles. The summed E-state index contributed by atoms with van der Waals surface area (Å²) in [5.41, 5.74) is 1.34. The fourth-order valence-corrected chi connectivity index (χ4v) is 2.91.